The van der Waals surface area contributed by atoms with Gasteiger partial charge >= 0.3 is 5.97 Å². The minimum absolute atomic E-state index is 0.138. The fraction of sp³-hybridized carbons (Fsp3) is 0.500. The first-order chi connectivity index (χ1) is 14.3. The maximum Gasteiger partial charge on any atom is 0.304 e. The Bertz CT molecular complexity index is 815. The van der Waals surface area contributed by atoms with Crippen molar-refractivity contribution in [2.24, 2.45) is 11.3 Å². The molecule has 0 radical (unpaired) electrons. The third kappa shape index (κ3) is 6.60. The van der Waals surface area contributed by atoms with Crippen molar-refractivity contribution in [3.63, 3.8) is 0 Å². The van der Waals surface area contributed by atoms with E-state index < -0.39 is 5.97 Å². The van der Waals surface area contributed by atoms with Gasteiger partial charge in [0, 0.05) is 13.1 Å². The van der Waals surface area contributed by atoms with E-state index >= 15 is 0 Å². The van der Waals surface area contributed by atoms with Gasteiger partial charge < -0.3 is 15.2 Å². The molecule has 2 N–H and O–H groups in total. The van der Waals surface area contributed by atoms with Crippen LogP contribution in [0.1, 0.15) is 58.4 Å². The van der Waals surface area contributed by atoms with Crippen LogP contribution in [0.3, 0.4) is 0 Å². The molecule has 3 rings (SSSR count). The Balaban J connectivity index is 1.53. The van der Waals surface area contributed by atoms with Crippen LogP contribution < -0.4 is 10.1 Å². The van der Waals surface area contributed by atoms with E-state index in [0.29, 0.717) is 24.6 Å². The number of carbonyl (C=O) groups is 1. The summed E-state index contributed by atoms with van der Waals surface area (Å²) in [5.41, 5.74) is 3.86. The van der Waals surface area contributed by atoms with Crippen LogP contribution in [0, 0.1) is 11.3 Å². The van der Waals surface area contributed by atoms with Gasteiger partial charge in [-0.2, -0.15) is 0 Å². The Labute approximate surface area is 180 Å². The van der Waals surface area contributed by atoms with Crippen molar-refractivity contribution < 1.29 is 14.6 Å². The molecule has 162 valence electrons. The lowest BCUT2D eigenvalue weighted by atomic mass is 9.72. The molecule has 0 atom stereocenters. The van der Waals surface area contributed by atoms with Gasteiger partial charge in [-0.25, -0.2) is 0 Å². The Morgan fingerprint density at radius 3 is 2.37 bits per heavy atom. The molecule has 1 saturated carbocycles. The quantitative estimate of drug-likeness (QED) is 0.533. The Morgan fingerprint density at radius 2 is 1.73 bits per heavy atom. The molecule has 0 spiro atoms. The summed E-state index contributed by atoms with van der Waals surface area (Å²) >= 11 is 0. The van der Waals surface area contributed by atoms with Crippen molar-refractivity contribution in [3.8, 4) is 16.9 Å². The van der Waals surface area contributed by atoms with Gasteiger partial charge in [-0.15, -0.1) is 0 Å². The van der Waals surface area contributed by atoms with E-state index in [1.54, 1.807) is 0 Å². The van der Waals surface area contributed by atoms with Crippen molar-refractivity contribution in [1.82, 2.24) is 5.32 Å². The number of hydrogen-bond acceptors (Lipinski definition) is 3. The molecule has 0 aliphatic heterocycles. The maximum atomic E-state index is 10.6. The molecule has 1 fully saturated rings. The first-order valence-electron chi connectivity index (χ1n) is 11.1. The number of ether oxygens (including phenoxy) is 1. The van der Waals surface area contributed by atoms with Gasteiger partial charge in [0.15, 0.2) is 0 Å². The molecule has 4 nitrogen and oxygen atoms in total. The Morgan fingerprint density at radius 1 is 1.03 bits per heavy atom. The number of aliphatic carboxylic acids is 1. The second-order valence-corrected chi connectivity index (χ2v) is 9.50. The highest BCUT2D eigenvalue weighted by molar-refractivity contribution is 5.67. The smallest absolute Gasteiger partial charge is 0.304 e. The van der Waals surface area contributed by atoms with Gasteiger partial charge in [0.1, 0.15) is 5.75 Å². The summed E-state index contributed by atoms with van der Waals surface area (Å²) in [6, 6.07) is 16.7. The van der Waals surface area contributed by atoms with E-state index in [-0.39, 0.29) is 6.42 Å². The molecule has 0 saturated heterocycles. The molecule has 1 aliphatic rings. The highest BCUT2D eigenvalue weighted by atomic mass is 16.5. The highest BCUT2D eigenvalue weighted by Gasteiger charge is 2.30. The van der Waals surface area contributed by atoms with Crippen molar-refractivity contribution in [1.29, 1.82) is 0 Å². The summed E-state index contributed by atoms with van der Waals surface area (Å²) in [4.78, 5) is 10.6. The third-order valence-electron chi connectivity index (χ3n) is 6.16. The number of nitrogens with one attached hydrogen (secondary N) is 1. The zero-order chi connectivity index (χ0) is 21.6. The Hall–Kier alpha value is -2.33. The third-order valence-corrected chi connectivity index (χ3v) is 6.16. The lowest BCUT2D eigenvalue weighted by Gasteiger charge is -2.36. The molecular weight excluding hydrogens is 374 g/mol. The molecule has 2 aromatic rings. The summed E-state index contributed by atoms with van der Waals surface area (Å²) in [6.45, 7) is 8.18. The second kappa shape index (κ2) is 10.1. The molecule has 30 heavy (non-hydrogen) atoms. The topological polar surface area (TPSA) is 58.6 Å². The monoisotopic (exact) mass is 409 g/mol. The summed E-state index contributed by atoms with van der Waals surface area (Å²) in [5.74, 6) is 0.968. The molecule has 0 unspecified atom stereocenters. The normalized spacial score (nSPS) is 19.4. The van der Waals surface area contributed by atoms with Crippen LogP contribution in [0.15, 0.2) is 48.5 Å². The number of hydrogen-bond donors (Lipinski definition) is 2. The summed E-state index contributed by atoms with van der Waals surface area (Å²) in [5, 5.41) is 11.9. The number of carboxylic acids is 1. The van der Waals surface area contributed by atoms with E-state index in [9.17, 15) is 4.79 Å². The van der Waals surface area contributed by atoms with Crippen LogP contribution in [-0.4, -0.2) is 23.7 Å². The number of carboxylic acid groups (broad SMARTS) is 1. The van der Waals surface area contributed by atoms with Crippen molar-refractivity contribution >= 4 is 5.97 Å². The fourth-order valence-corrected chi connectivity index (χ4v) is 4.25. The minimum Gasteiger partial charge on any atom is -0.490 e. The summed E-state index contributed by atoms with van der Waals surface area (Å²) in [7, 11) is 0. The van der Waals surface area contributed by atoms with Gasteiger partial charge in [-0.3, -0.25) is 4.79 Å². The van der Waals surface area contributed by atoms with Gasteiger partial charge in [0.2, 0.25) is 0 Å². The Kier molecular flexibility index (Phi) is 7.54. The fourth-order valence-electron chi connectivity index (χ4n) is 4.25. The standard InChI is InChI=1S/C26H35NO3/c1-26(2,3)22-9-13-24(14-10-22)30-23-11-7-20(8-12-23)21-6-4-5-19(17-21)18-27-16-15-25(28)29/h4-8,11-12,17,22,24,27H,9-10,13-16,18H2,1-3H3,(H,28,29)/t22-,24-. The van der Waals surface area contributed by atoms with Gasteiger partial charge in [0.25, 0.3) is 0 Å². The largest absolute Gasteiger partial charge is 0.490 e. The van der Waals surface area contributed by atoms with E-state index in [1.165, 1.54) is 12.8 Å². The van der Waals surface area contributed by atoms with Crippen molar-refractivity contribution in [3.05, 3.63) is 54.1 Å². The predicted octanol–water partition coefficient (Wildman–Crippen LogP) is 5.90. The lowest BCUT2D eigenvalue weighted by Crippen LogP contribution is -2.30. The van der Waals surface area contributed by atoms with Gasteiger partial charge in [-0.05, 0) is 71.9 Å². The van der Waals surface area contributed by atoms with E-state index in [1.807, 2.05) is 6.07 Å². The predicted molar refractivity (Wildman–Crippen MR) is 122 cm³/mol. The van der Waals surface area contributed by atoms with Crippen LogP contribution in [0.4, 0.5) is 0 Å². The SMILES string of the molecule is CC(C)(C)[C@H]1CC[C@H](Oc2ccc(-c3cccc(CNCCC(=O)O)c3)cc2)CC1. The molecule has 0 bridgehead atoms. The molecule has 0 heterocycles. The second-order valence-electron chi connectivity index (χ2n) is 9.50. The molecule has 1 aliphatic carbocycles. The molecule has 2 aromatic carbocycles. The summed E-state index contributed by atoms with van der Waals surface area (Å²) < 4.78 is 6.26. The van der Waals surface area contributed by atoms with Gasteiger partial charge in [-0.1, -0.05) is 51.1 Å². The van der Waals surface area contributed by atoms with E-state index in [0.717, 1.165) is 41.2 Å². The first kappa shape index (κ1) is 22.4. The number of rotatable bonds is 8. The van der Waals surface area contributed by atoms with Crippen LogP contribution in [-0.2, 0) is 11.3 Å². The van der Waals surface area contributed by atoms with Crippen LogP contribution in [0.2, 0.25) is 0 Å². The number of benzene rings is 2. The minimum atomic E-state index is -0.777. The first-order valence-corrected chi connectivity index (χ1v) is 11.1. The van der Waals surface area contributed by atoms with Crippen LogP contribution >= 0.6 is 0 Å². The van der Waals surface area contributed by atoms with Crippen molar-refractivity contribution in [2.45, 2.75) is 65.5 Å². The summed E-state index contributed by atoms with van der Waals surface area (Å²) in [6.07, 6.45) is 5.24. The molecular formula is C26H35NO3. The molecule has 0 amide bonds. The van der Waals surface area contributed by atoms with Gasteiger partial charge in [0.05, 0.1) is 12.5 Å². The van der Waals surface area contributed by atoms with Crippen LogP contribution in [0.25, 0.3) is 11.1 Å². The lowest BCUT2D eigenvalue weighted by molar-refractivity contribution is -0.136. The molecule has 4 heteroatoms. The van der Waals surface area contributed by atoms with Crippen LogP contribution in [0.5, 0.6) is 5.75 Å². The average Bonchev–Trinajstić information content (AvgIpc) is 2.72. The van der Waals surface area contributed by atoms with E-state index in [2.05, 4.69) is 68.6 Å². The zero-order valence-corrected chi connectivity index (χ0v) is 18.5. The maximum absolute atomic E-state index is 10.6. The average molecular weight is 410 g/mol. The zero-order valence-electron chi connectivity index (χ0n) is 18.5. The highest BCUT2D eigenvalue weighted by Crippen LogP contribution is 2.38. The molecule has 0 aromatic heterocycles. The van der Waals surface area contributed by atoms with E-state index in [4.69, 9.17) is 9.84 Å². The van der Waals surface area contributed by atoms with Crippen molar-refractivity contribution in [2.75, 3.05) is 6.54 Å².